The zero-order chi connectivity index (χ0) is 14.6. The summed E-state index contributed by atoms with van der Waals surface area (Å²) in [5.41, 5.74) is 0.683. The lowest BCUT2D eigenvalue weighted by molar-refractivity contribution is -0.135. The largest absolute Gasteiger partial charge is 0.424 e. The maximum Gasteiger partial charge on any atom is 0.386 e. The van der Waals surface area contributed by atoms with E-state index in [2.05, 4.69) is 0 Å². The Balaban J connectivity index is 1.84. The van der Waals surface area contributed by atoms with E-state index in [1.807, 2.05) is 29.3 Å². The molecule has 0 N–H and O–H groups in total. The molecular weight excluding hydrogens is 291 g/mol. The van der Waals surface area contributed by atoms with E-state index < -0.39 is 7.60 Å². The van der Waals surface area contributed by atoms with E-state index in [4.69, 9.17) is 9.05 Å². The number of hydrazine groups is 1. The Labute approximate surface area is 123 Å². The predicted octanol–water partition coefficient (Wildman–Crippen LogP) is 2.18. The molecule has 0 unspecified atom stereocenters. The van der Waals surface area contributed by atoms with Crippen LogP contribution in [0.4, 0.5) is 0 Å². The molecule has 6 nitrogen and oxygen atoms in total. The minimum atomic E-state index is -3.27. The smallest absolute Gasteiger partial charge is 0.386 e. The van der Waals surface area contributed by atoms with E-state index in [0.29, 0.717) is 31.9 Å². The van der Waals surface area contributed by atoms with Gasteiger partial charge in [0.1, 0.15) is 11.4 Å². The Kier molecular flexibility index (Phi) is 2.89. The van der Waals surface area contributed by atoms with Crippen LogP contribution >= 0.6 is 7.60 Å². The molecule has 112 valence electrons. The second-order valence-corrected chi connectivity index (χ2v) is 7.67. The van der Waals surface area contributed by atoms with Crippen molar-refractivity contribution in [1.29, 1.82) is 0 Å². The lowest BCUT2D eigenvalue weighted by Crippen LogP contribution is -2.34. The number of hydrogen-bond acceptors (Lipinski definition) is 5. The number of para-hydroxylation sites is 1. The Bertz CT molecular complexity index is 650. The highest BCUT2D eigenvalue weighted by molar-refractivity contribution is 7.55. The Morgan fingerprint density at radius 1 is 1.43 bits per heavy atom. The van der Waals surface area contributed by atoms with Crippen molar-refractivity contribution >= 4 is 13.5 Å². The van der Waals surface area contributed by atoms with Crippen molar-refractivity contribution in [1.82, 2.24) is 10.0 Å². The summed E-state index contributed by atoms with van der Waals surface area (Å²) in [4.78, 5) is 12.0. The molecule has 2 fully saturated rings. The second kappa shape index (κ2) is 4.57. The van der Waals surface area contributed by atoms with Crippen LogP contribution in [0.25, 0.3) is 0 Å². The predicted molar refractivity (Wildman–Crippen MR) is 75.9 cm³/mol. The third-order valence-electron chi connectivity index (χ3n) is 4.38. The van der Waals surface area contributed by atoms with Gasteiger partial charge in [-0.15, -0.1) is 0 Å². The van der Waals surface area contributed by atoms with Crippen LogP contribution in [0.15, 0.2) is 24.3 Å². The molecule has 1 aromatic carbocycles. The average molecular weight is 308 g/mol. The van der Waals surface area contributed by atoms with E-state index in [9.17, 15) is 9.36 Å². The number of carbonyl (C=O) groups excluding carboxylic acids is 1. The summed E-state index contributed by atoms with van der Waals surface area (Å²) in [6.45, 7) is 3.21. The van der Waals surface area contributed by atoms with E-state index in [1.54, 1.807) is 11.9 Å². The topological polar surface area (TPSA) is 59.1 Å². The first-order valence-electron chi connectivity index (χ1n) is 7.24. The van der Waals surface area contributed by atoms with Gasteiger partial charge in [-0.3, -0.25) is 14.3 Å². The van der Waals surface area contributed by atoms with Gasteiger partial charge in [0.05, 0.1) is 19.2 Å². The van der Waals surface area contributed by atoms with Crippen molar-refractivity contribution in [2.45, 2.75) is 25.0 Å². The van der Waals surface area contributed by atoms with Crippen LogP contribution in [0.3, 0.4) is 0 Å². The molecule has 0 aromatic heterocycles. The van der Waals surface area contributed by atoms with Gasteiger partial charge in [0.25, 0.3) is 0 Å². The summed E-state index contributed by atoms with van der Waals surface area (Å²) in [7, 11) is -3.27. The zero-order valence-corrected chi connectivity index (χ0v) is 12.7. The van der Waals surface area contributed by atoms with E-state index in [1.165, 1.54) is 0 Å². The number of benzene rings is 1. The van der Waals surface area contributed by atoms with Gasteiger partial charge in [-0.25, -0.2) is 9.57 Å². The molecule has 3 atom stereocenters. The van der Waals surface area contributed by atoms with Crippen LogP contribution in [-0.4, -0.2) is 41.3 Å². The third-order valence-corrected chi connectivity index (χ3v) is 6.70. The molecule has 21 heavy (non-hydrogen) atoms. The van der Waals surface area contributed by atoms with Crippen molar-refractivity contribution < 1.29 is 18.4 Å². The van der Waals surface area contributed by atoms with E-state index >= 15 is 0 Å². The number of fused-ring (bicyclic) bond motifs is 5. The van der Waals surface area contributed by atoms with Crippen molar-refractivity contribution in [3.63, 3.8) is 0 Å². The average Bonchev–Trinajstić information content (AvgIpc) is 3.01. The van der Waals surface area contributed by atoms with Gasteiger partial charge in [-0.1, -0.05) is 18.2 Å². The molecule has 0 bridgehead atoms. The summed E-state index contributed by atoms with van der Waals surface area (Å²) >= 11 is 0. The molecule has 2 saturated heterocycles. The Hall–Kier alpha value is -1.36. The maximum absolute atomic E-state index is 13.1. The Morgan fingerprint density at radius 2 is 2.24 bits per heavy atom. The fraction of sp³-hybridized carbons (Fsp3) is 0.500. The first-order valence-corrected chi connectivity index (χ1v) is 8.85. The van der Waals surface area contributed by atoms with Gasteiger partial charge < -0.3 is 4.52 Å². The summed E-state index contributed by atoms with van der Waals surface area (Å²) in [5, 5.41) is 3.74. The lowest BCUT2D eigenvalue weighted by atomic mass is 10.0. The summed E-state index contributed by atoms with van der Waals surface area (Å²) in [5.74, 6) is 0.696. The van der Waals surface area contributed by atoms with Gasteiger partial charge in [0, 0.05) is 18.5 Å². The van der Waals surface area contributed by atoms with Crippen LogP contribution in [0, 0.1) is 0 Å². The van der Waals surface area contributed by atoms with Crippen LogP contribution < -0.4 is 4.52 Å². The molecule has 3 aliphatic heterocycles. The van der Waals surface area contributed by atoms with Gasteiger partial charge >= 0.3 is 7.60 Å². The highest BCUT2D eigenvalue weighted by atomic mass is 31.2. The van der Waals surface area contributed by atoms with Crippen LogP contribution in [0.2, 0.25) is 0 Å². The number of hydrogen-bond donors (Lipinski definition) is 0. The van der Waals surface area contributed by atoms with Crippen LogP contribution in [-0.2, 0) is 13.9 Å². The monoisotopic (exact) mass is 308 g/mol. The molecule has 3 heterocycles. The molecule has 1 amide bonds. The second-order valence-electron chi connectivity index (χ2n) is 5.49. The maximum atomic E-state index is 13.1. The first-order chi connectivity index (χ1) is 10.1. The first kappa shape index (κ1) is 13.3. The van der Waals surface area contributed by atoms with Crippen LogP contribution in [0.5, 0.6) is 5.75 Å². The van der Waals surface area contributed by atoms with Gasteiger partial charge in [-0.2, -0.15) is 0 Å². The van der Waals surface area contributed by atoms with Gasteiger partial charge in [-0.05, 0) is 13.0 Å². The normalized spacial score (nSPS) is 34.3. The SMILES string of the molecule is CCO[P@@]1(=O)Oc2ccccc2[C@H]2[C@H]1CN1C(=O)CCN21. The highest BCUT2D eigenvalue weighted by Gasteiger charge is 2.58. The fourth-order valence-electron chi connectivity index (χ4n) is 3.53. The van der Waals surface area contributed by atoms with Crippen molar-refractivity contribution in [2.75, 3.05) is 19.7 Å². The minimum absolute atomic E-state index is 0.0879. The minimum Gasteiger partial charge on any atom is -0.424 e. The number of nitrogens with zero attached hydrogens (tertiary/aromatic N) is 2. The molecule has 0 radical (unpaired) electrons. The van der Waals surface area contributed by atoms with Gasteiger partial charge in [0.15, 0.2) is 0 Å². The van der Waals surface area contributed by atoms with E-state index in [0.717, 1.165) is 5.56 Å². The zero-order valence-electron chi connectivity index (χ0n) is 11.8. The fourth-order valence-corrected chi connectivity index (χ4v) is 5.73. The molecule has 4 rings (SSSR count). The van der Waals surface area contributed by atoms with Crippen molar-refractivity contribution in [3.05, 3.63) is 29.8 Å². The van der Waals surface area contributed by atoms with Crippen LogP contribution in [0.1, 0.15) is 24.9 Å². The number of carbonyl (C=O) groups is 1. The van der Waals surface area contributed by atoms with Gasteiger partial charge in [0.2, 0.25) is 5.91 Å². The summed E-state index contributed by atoms with van der Waals surface area (Å²) in [6.07, 6.45) is 0.519. The van der Waals surface area contributed by atoms with Crippen molar-refractivity contribution in [2.24, 2.45) is 0 Å². The molecule has 0 spiro atoms. The molecular formula is C14H17N2O4P. The standard InChI is InChI=1S/C14H17N2O4P/c1-2-19-21(18)12-9-16-13(17)7-8-15(16)14(12)10-5-3-4-6-11(10)20-21/h3-6,12,14H,2,7-9H2,1H3/t12-,14+,21-/m1/s1. The number of amides is 1. The molecule has 3 aliphatic rings. The van der Waals surface area contributed by atoms with Crippen molar-refractivity contribution in [3.8, 4) is 5.75 Å². The quantitative estimate of drug-likeness (QED) is 0.784. The molecule has 0 saturated carbocycles. The summed E-state index contributed by atoms with van der Waals surface area (Å²) < 4.78 is 24.4. The molecule has 1 aromatic rings. The lowest BCUT2D eigenvalue weighted by Gasteiger charge is -2.35. The third kappa shape index (κ3) is 1.79. The molecule has 0 aliphatic carbocycles. The summed E-state index contributed by atoms with van der Waals surface area (Å²) in [6, 6.07) is 7.50. The molecule has 7 heteroatoms. The van der Waals surface area contributed by atoms with E-state index in [-0.39, 0.29) is 17.6 Å². The Morgan fingerprint density at radius 3 is 3.05 bits per heavy atom. The number of rotatable bonds is 2. The highest BCUT2D eigenvalue weighted by Crippen LogP contribution is 2.65.